The lowest BCUT2D eigenvalue weighted by Crippen LogP contribution is -2.49. The number of para-hydroxylation sites is 2. The van der Waals surface area contributed by atoms with Crippen molar-refractivity contribution in [1.29, 1.82) is 0 Å². The highest BCUT2D eigenvalue weighted by Crippen LogP contribution is 2.27. The van der Waals surface area contributed by atoms with E-state index in [1.807, 2.05) is 59.4 Å². The highest BCUT2D eigenvalue weighted by molar-refractivity contribution is 5.85. The molecular weight excluding hydrogens is 466 g/mol. The van der Waals surface area contributed by atoms with Gasteiger partial charge in [-0.05, 0) is 37.1 Å². The summed E-state index contributed by atoms with van der Waals surface area (Å²) >= 11 is 0. The van der Waals surface area contributed by atoms with Gasteiger partial charge in [-0.15, -0.1) is 0 Å². The minimum atomic E-state index is 0.523. The van der Waals surface area contributed by atoms with Crippen LogP contribution in [0.3, 0.4) is 0 Å². The van der Waals surface area contributed by atoms with Crippen LogP contribution in [0.4, 0.5) is 11.8 Å². The first-order chi connectivity index (χ1) is 18.3. The quantitative estimate of drug-likeness (QED) is 0.369. The average molecular weight is 500 g/mol. The number of anilines is 2. The standard InChI is InChI=1S/C28H33N7O2/c1-3-7-23(8-4-1)35-21-30-25-26(29-13-18-37-24-9-5-2-6-10-24)31-28(32-27(25)35)34-14-11-22(12-15-34)33-16-19-36-20-17-33/h1-10,21-22H,11-20H2,(H,29,31,32). The second kappa shape index (κ2) is 11.1. The van der Waals surface area contributed by atoms with Crippen LogP contribution in [0, 0.1) is 0 Å². The molecule has 0 amide bonds. The van der Waals surface area contributed by atoms with Gasteiger partial charge in [0.25, 0.3) is 0 Å². The summed E-state index contributed by atoms with van der Waals surface area (Å²) in [6.07, 6.45) is 4.04. The van der Waals surface area contributed by atoms with Crippen LogP contribution in [0.2, 0.25) is 0 Å². The van der Waals surface area contributed by atoms with Gasteiger partial charge in [-0.2, -0.15) is 9.97 Å². The summed E-state index contributed by atoms with van der Waals surface area (Å²) in [6.45, 7) is 6.74. The highest BCUT2D eigenvalue weighted by atomic mass is 16.5. The Balaban J connectivity index is 1.22. The van der Waals surface area contributed by atoms with Crippen LogP contribution in [-0.2, 0) is 4.74 Å². The predicted molar refractivity (Wildman–Crippen MR) is 145 cm³/mol. The van der Waals surface area contributed by atoms with Crippen molar-refractivity contribution < 1.29 is 9.47 Å². The van der Waals surface area contributed by atoms with E-state index in [1.165, 1.54) is 0 Å². The van der Waals surface area contributed by atoms with Crippen molar-refractivity contribution in [2.75, 3.05) is 62.8 Å². The monoisotopic (exact) mass is 499 g/mol. The molecule has 2 fully saturated rings. The smallest absolute Gasteiger partial charge is 0.229 e. The van der Waals surface area contributed by atoms with E-state index in [1.54, 1.807) is 0 Å². The lowest BCUT2D eigenvalue weighted by Gasteiger charge is -2.40. The molecule has 2 aromatic carbocycles. The number of fused-ring (bicyclic) bond motifs is 1. The third-order valence-corrected chi connectivity index (χ3v) is 7.13. The Bertz CT molecular complexity index is 1280. The van der Waals surface area contributed by atoms with Crippen molar-refractivity contribution in [2.45, 2.75) is 18.9 Å². The Morgan fingerprint density at radius 3 is 2.38 bits per heavy atom. The second-order valence-electron chi connectivity index (χ2n) is 9.45. The number of morpholine rings is 1. The molecule has 0 spiro atoms. The third kappa shape index (κ3) is 5.38. The molecule has 1 N–H and O–H groups in total. The molecule has 2 aliphatic heterocycles. The Morgan fingerprint density at radius 2 is 1.62 bits per heavy atom. The molecule has 2 aliphatic rings. The van der Waals surface area contributed by atoms with Crippen molar-refractivity contribution in [2.24, 2.45) is 0 Å². The largest absolute Gasteiger partial charge is 0.492 e. The first-order valence-corrected chi connectivity index (χ1v) is 13.1. The third-order valence-electron chi connectivity index (χ3n) is 7.13. The molecule has 9 heteroatoms. The van der Waals surface area contributed by atoms with Crippen molar-refractivity contribution in [1.82, 2.24) is 24.4 Å². The van der Waals surface area contributed by atoms with Crippen LogP contribution >= 0.6 is 0 Å². The summed E-state index contributed by atoms with van der Waals surface area (Å²) in [7, 11) is 0. The van der Waals surface area contributed by atoms with E-state index in [-0.39, 0.29) is 0 Å². The van der Waals surface area contributed by atoms with Crippen LogP contribution in [0.1, 0.15) is 12.8 Å². The van der Waals surface area contributed by atoms with Crippen molar-refractivity contribution in [3.8, 4) is 11.4 Å². The number of hydrogen-bond acceptors (Lipinski definition) is 8. The van der Waals surface area contributed by atoms with Crippen LogP contribution in [0.25, 0.3) is 16.9 Å². The van der Waals surface area contributed by atoms with E-state index in [9.17, 15) is 0 Å². The Hall–Kier alpha value is -3.69. The number of nitrogens with zero attached hydrogens (tertiary/aromatic N) is 6. The Kier molecular flexibility index (Phi) is 7.14. The number of ether oxygens (including phenoxy) is 2. The molecule has 2 saturated heterocycles. The molecule has 0 radical (unpaired) electrons. The van der Waals surface area contributed by atoms with E-state index in [2.05, 4.69) is 32.2 Å². The summed E-state index contributed by atoms with van der Waals surface area (Å²) < 4.78 is 13.5. The molecule has 9 nitrogen and oxygen atoms in total. The normalized spacial score (nSPS) is 17.2. The summed E-state index contributed by atoms with van der Waals surface area (Å²) in [5.74, 6) is 2.34. The van der Waals surface area contributed by atoms with E-state index < -0.39 is 0 Å². The molecule has 6 rings (SSSR count). The van der Waals surface area contributed by atoms with Gasteiger partial charge in [0.2, 0.25) is 5.95 Å². The summed E-state index contributed by atoms with van der Waals surface area (Å²) in [5, 5.41) is 3.46. The second-order valence-corrected chi connectivity index (χ2v) is 9.45. The molecule has 0 bridgehead atoms. The number of benzene rings is 2. The highest BCUT2D eigenvalue weighted by Gasteiger charge is 2.28. The molecular formula is C28H33N7O2. The van der Waals surface area contributed by atoms with Gasteiger partial charge in [-0.3, -0.25) is 9.47 Å². The molecule has 2 aromatic heterocycles. The van der Waals surface area contributed by atoms with Gasteiger partial charge in [0, 0.05) is 37.9 Å². The van der Waals surface area contributed by atoms with Crippen molar-refractivity contribution in [3.05, 3.63) is 67.0 Å². The molecule has 0 saturated carbocycles. The van der Waals surface area contributed by atoms with Gasteiger partial charge in [-0.1, -0.05) is 36.4 Å². The van der Waals surface area contributed by atoms with Crippen molar-refractivity contribution >= 4 is 22.9 Å². The zero-order valence-electron chi connectivity index (χ0n) is 21.0. The fourth-order valence-corrected chi connectivity index (χ4v) is 5.16. The summed E-state index contributed by atoms with van der Waals surface area (Å²) in [6, 6.07) is 20.7. The molecule has 0 atom stereocenters. The van der Waals surface area contributed by atoms with E-state index in [0.29, 0.717) is 19.2 Å². The summed E-state index contributed by atoms with van der Waals surface area (Å²) in [4.78, 5) is 19.5. The van der Waals surface area contributed by atoms with Crippen LogP contribution in [0.15, 0.2) is 67.0 Å². The lowest BCUT2D eigenvalue weighted by atomic mass is 10.0. The Labute approximate surface area is 217 Å². The van der Waals surface area contributed by atoms with Gasteiger partial charge < -0.3 is 19.7 Å². The molecule has 4 heterocycles. The van der Waals surface area contributed by atoms with Gasteiger partial charge in [0.1, 0.15) is 18.7 Å². The number of piperidine rings is 1. The SMILES string of the molecule is c1ccc(OCCNc2nc(N3CCC(N4CCOCC4)CC3)nc3c2ncn3-c2ccccc2)cc1. The maximum Gasteiger partial charge on any atom is 0.229 e. The number of hydrogen-bond donors (Lipinski definition) is 1. The minimum Gasteiger partial charge on any atom is -0.492 e. The molecule has 0 unspecified atom stereocenters. The number of rotatable bonds is 8. The Morgan fingerprint density at radius 1 is 0.892 bits per heavy atom. The first kappa shape index (κ1) is 23.7. The van der Waals surface area contributed by atoms with Gasteiger partial charge in [0.05, 0.1) is 19.8 Å². The molecule has 4 aromatic rings. The van der Waals surface area contributed by atoms with Crippen LogP contribution < -0.4 is 15.0 Å². The topological polar surface area (TPSA) is 80.6 Å². The fourth-order valence-electron chi connectivity index (χ4n) is 5.16. The summed E-state index contributed by atoms with van der Waals surface area (Å²) in [5.41, 5.74) is 2.59. The maximum absolute atomic E-state index is 5.87. The number of nitrogens with one attached hydrogen (secondary N) is 1. The molecule has 37 heavy (non-hydrogen) atoms. The average Bonchev–Trinajstić information content (AvgIpc) is 3.41. The van der Waals surface area contributed by atoms with E-state index in [4.69, 9.17) is 19.4 Å². The zero-order chi connectivity index (χ0) is 24.9. The van der Waals surface area contributed by atoms with Gasteiger partial charge in [0.15, 0.2) is 17.0 Å². The van der Waals surface area contributed by atoms with Crippen LogP contribution in [-0.4, -0.2) is 83.0 Å². The van der Waals surface area contributed by atoms with Crippen LogP contribution in [0.5, 0.6) is 5.75 Å². The van der Waals surface area contributed by atoms with E-state index >= 15 is 0 Å². The predicted octanol–water partition coefficient (Wildman–Crippen LogP) is 3.61. The zero-order valence-corrected chi connectivity index (χ0v) is 21.0. The lowest BCUT2D eigenvalue weighted by molar-refractivity contribution is 0.0114. The molecule has 0 aliphatic carbocycles. The minimum absolute atomic E-state index is 0.523. The van der Waals surface area contributed by atoms with Gasteiger partial charge in [-0.25, -0.2) is 4.98 Å². The number of imidazole rings is 1. The fraction of sp³-hybridized carbons (Fsp3) is 0.393. The number of aromatic nitrogens is 4. The van der Waals surface area contributed by atoms with Gasteiger partial charge >= 0.3 is 0 Å². The first-order valence-electron chi connectivity index (χ1n) is 13.1. The van der Waals surface area contributed by atoms with E-state index in [0.717, 1.165) is 86.6 Å². The molecule has 192 valence electrons. The van der Waals surface area contributed by atoms with Crippen molar-refractivity contribution in [3.63, 3.8) is 0 Å². The maximum atomic E-state index is 5.87.